The summed E-state index contributed by atoms with van der Waals surface area (Å²) in [4.78, 5) is 14.6. The van der Waals surface area contributed by atoms with Crippen molar-refractivity contribution in [2.24, 2.45) is 0 Å². The van der Waals surface area contributed by atoms with Crippen molar-refractivity contribution < 1.29 is 13.2 Å². The lowest BCUT2D eigenvalue weighted by atomic mass is 9.96. The number of rotatable bonds is 3. The van der Waals surface area contributed by atoms with Gasteiger partial charge in [-0.05, 0) is 55.4 Å². The van der Waals surface area contributed by atoms with E-state index in [0.717, 1.165) is 32.1 Å². The van der Waals surface area contributed by atoms with Crippen molar-refractivity contribution in [1.82, 2.24) is 14.5 Å². The Balaban J connectivity index is 1.36. The number of hydrogen-bond acceptors (Lipinski definition) is 3. The second kappa shape index (κ2) is 7.80. The molecule has 3 aliphatic rings. The van der Waals surface area contributed by atoms with Gasteiger partial charge in [0.15, 0.2) is 0 Å². The molecule has 2 aliphatic carbocycles. The molecule has 1 aromatic carbocycles. The second-order valence-corrected chi connectivity index (χ2v) is 9.90. The lowest BCUT2D eigenvalue weighted by Gasteiger charge is -2.35. The van der Waals surface area contributed by atoms with Crippen molar-refractivity contribution in [2.75, 3.05) is 26.2 Å². The molecule has 1 heterocycles. The van der Waals surface area contributed by atoms with Crippen LogP contribution in [0.3, 0.4) is 0 Å². The Hall–Kier alpha value is -1.60. The number of amides is 2. The van der Waals surface area contributed by atoms with Gasteiger partial charge in [-0.3, -0.25) is 0 Å². The van der Waals surface area contributed by atoms with Crippen LogP contribution >= 0.6 is 0 Å². The van der Waals surface area contributed by atoms with E-state index in [4.69, 9.17) is 0 Å². The van der Waals surface area contributed by atoms with E-state index in [-0.39, 0.29) is 12.1 Å². The molecule has 4 rings (SSSR count). The second-order valence-electron chi connectivity index (χ2n) is 7.96. The topological polar surface area (TPSA) is 69.7 Å². The summed E-state index contributed by atoms with van der Waals surface area (Å²) in [5.74, 6) is 0. The summed E-state index contributed by atoms with van der Waals surface area (Å²) in [6.45, 7) is 1.61. The fourth-order valence-corrected chi connectivity index (χ4v) is 5.98. The summed E-state index contributed by atoms with van der Waals surface area (Å²) in [7, 11) is -3.48. The zero-order valence-electron chi connectivity index (χ0n) is 15.8. The Labute approximate surface area is 162 Å². The van der Waals surface area contributed by atoms with Gasteiger partial charge in [-0.15, -0.1) is 0 Å². The van der Waals surface area contributed by atoms with Gasteiger partial charge < -0.3 is 10.2 Å². The van der Waals surface area contributed by atoms with Crippen LogP contribution in [-0.4, -0.2) is 55.9 Å². The van der Waals surface area contributed by atoms with E-state index < -0.39 is 10.0 Å². The summed E-state index contributed by atoms with van der Waals surface area (Å²) in [5.41, 5.74) is 2.44. The van der Waals surface area contributed by atoms with Gasteiger partial charge in [-0.1, -0.05) is 25.3 Å². The average Bonchev–Trinajstić information content (AvgIpc) is 3.17. The largest absolute Gasteiger partial charge is 0.335 e. The van der Waals surface area contributed by atoms with Crippen LogP contribution in [0.25, 0.3) is 0 Å². The smallest absolute Gasteiger partial charge is 0.317 e. The molecule has 1 N–H and O–H groups in total. The number of carbonyl (C=O) groups excluding carboxylic acids is 1. The molecule has 148 valence electrons. The molecule has 0 aromatic heterocycles. The van der Waals surface area contributed by atoms with Crippen molar-refractivity contribution in [3.05, 3.63) is 29.3 Å². The maximum atomic E-state index is 13.0. The first-order chi connectivity index (χ1) is 13.0. The minimum atomic E-state index is -3.48. The molecule has 0 unspecified atom stereocenters. The Morgan fingerprint density at radius 2 is 1.63 bits per heavy atom. The minimum absolute atomic E-state index is 0.0449. The predicted molar refractivity (Wildman–Crippen MR) is 104 cm³/mol. The quantitative estimate of drug-likeness (QED) is 0.861. The van der Waals surface area contributed by atoms with Gasteiger partial charge in [0, 0.05) is 32.2 Å². The highest BCUT2D eigenvalue weighted by Gasteiger charge is 2.31. The number of piperazine rings is 1. The number of carbonyl (C=O) groups is 1. The number of urea groups is 1. The molecule has 0 radical (unpaired) electrons. The molecule has 27 heavy (non-hydrogen) atoms. The van der Waals surface area contributed by atoms with E-state index in [9.17, 15) is 13.2 Å². The van der Waals surface area contributed by atoms with Gasteiger partial charge in [0.1, 0.15) is 0 Å². The maximum Gasteiger partial charge on any atom is 0.317 e. The monoisotopic (exact) mass is 391 g/mol. The molecular formula is C20H29N3O3S. The Bertz CT molecular complexity index is 795. The van der Waals surface area contributed by atoms with Crippen molar-refractivity contribution in [1.29, 1.82) is 0 Å². The molecule has 2 amide bonds. The Morgan fingerprint density at radius 3 is 2.37 bits per heavy atom. The molecule has 0 atom stereocenters. The van der Waals surface area contributed by atoms with Gasteiger partial charge in [0.05, 0.1) is 4.90 Å². The van der Waals surface area contributed by atoms with Crippen LogP contribution in [-0.2, 0) is 22.9 Å². The van der Waals surface area contributed by atoms with Crippen molar-refractivity contribution in [2.45, 2.75) is 62.3 Å². The molecule has 1 aliphatic heterocycles. The minimum Gasteiger partial charge on any atom is -0.335 e. The molecule has 2 fully saturated rings. The predicted octanol–water partition coefficient (Wildman–Crippen LogP) is 2.52. The first-order valence-corrected chi connectivity index (χ1v) is 11.7. The molecule has 0 bridgehead atoms. The van der Waals surface area contributed by atoms with E-state index in [1.54, 1.807) is 11.0 Å². The van der Waals surface area contributed by atoms with E-state index in [1.165, 1.54) is 34.7 Å². The highest BCUT2D eigenvalue weighted by Crippen LogP contribution is 2.27. The van der Waals surface area contributed by atoms with Crippen LogP contribution in [0.4, 0.5) is 4.79 Å². The fraction of sp³-hybridized carbons (Fsp3) is 0.650. The zero-order chi connectivity index (χ0) is 18.9. The Morgan fingerprint density at radius 1 is 0.926 bits per heavy atom. The normalized spacial score (nSPS) is 21.9. The molecule has 1 saturated carbocycles. The first-order valence-electron chi connectivity index (χ1n) is 10.2. The molecule has 7 heteroatoms. The molecule has 6 nitrogen and oxygen atoms in total. The highest BCUT2D eigenvalue weighted by atomic mass is 32.2. The van der Waals surface area contributed by atoms with Crippen LogP contribution in [0.1, 0.15) is 49.7 Å². The number of nitrogens with zero attached hydrogens (tertiary/aromatic N) is 2. The maximum absolute atomic E-state index is 13.0. The van der Waals surface area contributed by atoms with E-state index >= 15 is 0 Å². The molecular weight excluding hydrogens is 362 g/mol. The SMILES string of the molecule is O=C(NC1CCCCC1)N1CCN(S(=O)(=O)c2ccc3c(c2)CCC3)CC1. The number of fused-ring (bicyclic) bond motifs is 1. The summed E-state index contributed by atoms with van der Waals surface area (Å²) in [6.07, 6.45) is 8.84. The van der Waals surface area contributed by atoms with E-state index in [0.29, 0.717) is 31.1 Å². The summed E-state index contributed by atoms with van der Waals surface area (Å²) in [6, 6.07) is 5.78. The number of hydrogen-bond donors (Lipinski definition) is 1. The summed E-state index contributed by atoms with van der Waals surface area (Å²) in [5, 5.41) is 3.12. The average molecular weight is 392 g/mol. The standard InChI is InChI=1S/C20H29N3O3S/c24-20(21-18-7-2-1-3-8-18)22-11-13-23(14-12-22)27(25,26)19-10-9-16-5-4-6-17(16)15-19/h9-10,15,18H,1-8,11-14H2,(H,21,24). The van der Waals surface area contributed by atoms with Gasteiger partial charge in [-0.25, -0.2) is 13.2 Å². The van der Waals surface area contributed by atoms with Crippen molar-refractivity contribution >= 4 is 16.1 Å². The number of nitrogens with one attached hydrogen (secondary N) is 1. The third kappa shape index (κ3) is 3.99. The Kier molecular flexibility index (Phi) is 5.41. The first kappa shape index (κ1) is 18.7. The summed E-state index contributed by atoms with van der Waals surface area (Å²) >= 11 is 0. The van der Waals surface area contributed by atoms with Crippen LogP contribution in [0.15, 0.2) is 23.1 Å². The zero-order valence-corrected chi connectivity index (χ0v) is 16.6. The lowest BCUT2D eigenvalue weighted by Crippen LogP contribution is -2.54. The van der Waals surface area contributed by atoms with Gasteiger partial charge in [0.25, 0.3) is 0 Å². The van der Waals surface area contributed by atoms with Gasteiger partial charge >= 0.3 is 6.03 Å². The third-order valence-corrected chi connectivity index (χ3v) is 8.06. The van der Waals surface area contributed by atoms with E-state index in [2.05, 4.69) is 5.32 Å². The van der Waals surface area contributed by atoms with Crippen LogP contribution in [0, 0.1) is 0 Å². The third-order valence-electron chi connectivity index (χ3n) is 6.17. The summed E-state index contributed by atoms with van der Waals surface area (Å²) < 4.78 is 27.5. The molecule has 1 aromatic rings. The van der Waals surface area contributed by atoms with Crippen LogP contribution < -0.4 is 5.32 Å². The number of aryl methyl sites for hydroxylation is 2. The van der Waals surface area contributed by atoms with Gasteiger partial charge in [0.2, 0.25) is 10.0 Å². The molecule has 0 spiro atoms. The van der Waals surface area contributed by atoms with Gasteiger partial charge in [-0.2, -0.15) is 4.31 Å². The molecule has 1 saturated heterocycles. The lowest BCUT2D eigenvalue weighted by molar-refractivity contribution is 0.166. The van der Waals surface area contributed by atoms with Crippen molar-refractivity contribution in [3.8, 4) is 0 Å². The highest BCUT2D eigenvalue weighted by molar-refractivity contribution is 7.89. The van der Waals surface area contributed by atoms with Crippen molar-refractivity contribution in [3.63, 3.8) is 0 Å². The van der Waals surface area contributed by atoms with Crippen LogP contribution in [0.5, 0.6) is 0 Å². The number of benzene rings is 1. The van der Waals surface area contributed by atoms with Crippen LogP contribution in [0.2, 0.25) is 0 Å². The van der Waals surface area contributed by atoms with E-state index in [1.807, 2.05) is 12.1 Å². The number of sulfonamides is 1. The fourth-order valence-electron chi connectivity index (χ4n) is 4.50.